The first-order chi connectivity index (χ1) is 13.5. The summed E-state index contributed by atoms with van der Waals surface area (Å²) in [6.07, 6.45) is 1.00. The molecule has 6 heteroatoms. The van der Waals surface area contributed by atoms with Gasteiger partial charge in [-0.25, -0.2) is 0 Å². The van der Waals surface area contributed by atoms with E-state index in [9.17, 15) is 5.11 Å². The highest BCUT2D eigenvalue weighted by Crippen LogP contribution is 2.41. The molecule has 2 atom stereocenters. The normalized spacial score (nSPS) is 12.6. The van der Waals surface area contributed by atoms with Gasteiger partial charge in [-0.15, -0.1) is 6.58 Å². The zero-order chi connectivity index (χ0) is 20.7. The Balaban J connectivity index is 2.30. The van der Waals surface area contributed by atoms with Crippen LogP contribution < -0.4 is 23.7 Å². The Bertz CT molecular complexity index is 777. The lowest BCUT2D eigenvalue weighted by Crippen LogP contribution is -2.22. The van der Waals surface area contributed by atoms with Gasteiger partial charge in [-0.2, -0.15) is 0 Å². The maximum absolute atomic E-state index is 10.8. The zero-order valence-corrected chi connectivity index (χ0v) is 17.0. The third kappa shape index (κ3) is 4.70. The van der Waals surface area contributed by atoms with Crippen molar-refractivity contribution in [2.24, 2.45) is 0 Å². The number of methoxy groups -OCH3 is 4. The zero-order valence-electron chi connectivity index (χ0n) is 17.0. The summed E-state index contributed by atoms with van der Waals surface area (Å²) in [6, 6.07) is 8.98. The Morgan fingerprint density at radius 2 is 1.46 bits per heavy atom. The monoisotopic (exact) mass is 388 g/mol. The van der Waals surface area contributed by atoms with Crippen molar-refractivity contribution in [1.29, 1.82) is 0 Å². The average molecular weight is 388 g/mol. The van der Waals surface area contributed by atoms with Crippen LogP contribution in [0.4, 0.5) is 0 Å². The van der Waals surface area contributed by atoms with Gasteiger partial charge >= 0.3 is 0 Å². The molecule has 0 saturated carbocycles. The second-order valence-electron chi connectivity index (χ2n) is 6.20. The van der Waals surface area contributed by atoms with Crippen molar-refractivity contribution in [2.45, 2.75) is 25.6 Å². The van der Waals surface area contributed by atoms with Crippen LogP contribution in [0.1, 0.15) is 24.2 Å². The first-order valence-corrected chi connectivity index (χ1v) is 8.91. The van der Waals surface area contributed by atoms with Crippen molar-refractivity contribution in [1.82, 2.24) is 0 Å². The van der Waals surface area contributed by atoms with Crippen molar-refractivity contribution in [3.8, 4) is 28.7 Å². The highest BCUT2D eigenvalue weighted by atomic mass is 16.5. The summed E-state index contributed by atoms with van der Waals surface area (Å²) in [5.41, 5.74) is 1.63. The number of hydrogen-bond donors (Lipinski definition) is 1. The Morgan fingerprint density at radius 3 is 1.96 bits per heavy atom. The van der Waals surface area contributed by atoms with E-state index >= 15 is 0 Å². The van der Waals surface area contributed by atoms with E-state index in [1.807, 2.05) is 12.1 Å². The van der Waals surface area contributed by atoms with E-state index in [-0.39, 0.29) is 0 Å². The van der Waals surface area contributed by atoms with Gasteiger partial charge in [-0.05, 0) is 48.7 Å². The number of hydrogen-bond acceptors (Lipinski definition) is 6. The molecule has 0 fully saturated rings. The van der Waals surface area contributed by atoms with E-state index in [4.69, 9.17) is 23.7 Å². The fourth-order valence-electron chi connectivity index (χ4n) is 2.89. The van der Waals surface area contributed by atoms with E-state index in [0.717, 1.165) is 5.56 Å². The molecule has 28 heavy (non-hydrogen) atoms. The largest absolute Gasteiger partial charge is 0.493 e. The minimum absolute atomic E-state index is 0.435. The van der Waals surface area contributed by atoms with Gasteiger partial charge < -0.3 is 28.8 Å². The lowest BCUT2D eigenvalue weighted by Gasteiger charge is -2.24. The molecule has 1 N–H and O–H groups in total. The quantitative estimate of drug-likeness (QED) is 0.622. The summed E-state index contributed by atoms with van der Waals surface area (Å²) in [6.45, 7) is 5.53. The minimum atomic E-state index is -0.901. The Morgan fingerprint density at radius 1 is 0.893 bits per heavy atom. The number of rotatable bonds is 10. The molecular weight excluding hydrogens is 360 g/mol. The van der Waals surface area contributed by atoms with Crippen LogP contribution in [0.15, 0.2) is 43.0 Å². The predicted molar refractivity (Wildman–Crippen MR) is 108 cm³/mol. The molecule has 0 spiro atoms. The second-order valence-corrected chi connectivity index (χ2v) is 6.20. The molecule has 2 aromatic carbocycles. The number of aliphatic hydroxyl groups is 1. The van der Waals surface area contributed by atoms with Gasteiger partial charge in [0, 0.05) is 0 Å². The van der Waals surface area contributed by atoms with Gasteiger partial charge in [0.25, 0.3) is 0 Å². The Kier molecular flexibility index (Phi) is 7.58. The number of benzene rings is 2. The molecule has 0 radical (unpaired) electrons. The van der Waals surface area contributed by atoms with Crippen LogP contribution >= 0.6 is 0 Å². The molecule has 0 heterocycles. The van der Waals surface area contributed by atoms with Crippen LogP contribution in [0.2, 0.25) is 0 Å². The summed E-state index contributed by atoms with van der Waals surface area (Å²) >= 11 is 0. The van der Waals surface area contributed by atoms with Gasteiger partial charge in [0.1, 0.15) is 12.2 Å². The molecule has 152 valence electrons. The van der Waals surface area contributed by atoms with Crippen LogP contribution in [-0.2, 0) is 6.42 Å². The van der Waals surface area contributed by atoms with Crippen molar-refractivity contribution in [3.05, 3.63) is 54.1 Å². The fourth-order valence-corrected chi connectivity index (χ4v) is 2.89. The molecule has 0 aliphatic rings. The lowest BCUT2D eigenvalue weighted by atomic mass is 10.0. The van der Waals surface area contributed by atoms with E-state index < -0.39 is 12.2 Å². The predicted octanol–water partition coefficient (Wildman–Crippen LogP) is 3.95. The van der Waals surface area contributed by atoms with E-state index in [1.165, 1.54) is 0 Å². The Labute approximate surface area is 166 Å². The summed E-state index contributed by atoms with van der Waals surface area (Å²) in [7, 11) is 6.24. The van der Waals surface area contributed by atoms with Gasteiger partial charge in [-0.3, -0.25) is 0 Å². The summed E-state index contributed by atoms with van der Waals surface area (Å²) in [4.78, 5) is 0. The molecule has 2 aromatic rings. The van der Waals surface area contributed by atoms with Crippen LogP contribution in [0, 0.1) is 0 Å². The van der Waals surface area contributed by atoms with E-state index in [1.54, 1.807) is 59.6 Å². The molecule has 0 aliphatic carbocycles. The molecule has 0 aromatic heterocycles. The molecule has 6 nitrogen and oxygen atoms in total. The van der Waals surface area contributed by atoms with Gasteiger partial charge in [-0.1, -0.05) is 12.1 Å². The first-order valence-electron chi connectivity index (χ1n) is 8.91. The molecule has 0 bridgehead atoms. The van der Waals surface area contributed by atoms with Gasteiger partial charge in [0.2, 0.25) is 5.75 Å². The minimum Gasteiger partial charge on any atom is -0.493 e. The highest BCUT2D eigenvalue weighted by molar-refractivity contribution is 5.54. The second kappa shape index (κ2) is 9.90. The molecule has 2 rings (SSSR count). The van der Waals surface area contributed by atoms with E-state index in [0.29, 0.717) is 40.7 Å². The smallest absolute Gasteiger partial charge is 0.203 e. The van der Waals surface area contributed by atoms with Gasteiger partial charge in [0.05, 0.1) is 28.4 Å². The first kappa shape index (κ1) is 21.4. The third-order valence-corrected chi connectivity index (χ3v) is 4.40. The lowest BCUT2D eigenvalue weighted by molar-refractivity contribution is 0.0433. The van der Waals surface area contributed by atoms with Crippen molar-refractivity contribution in [2.75, 3.05) is 28.4 Å². The molecule has 0 aliphatic heterocycles. The SMILES string of the molecule is C=CCc1cc(OC)c(O[C@@H](C)[C@@H](O)c2ccc(OC)c(OC)c2)c(OC)c1. The molecule has 0 saturated heterocycles. The Hall–Kier alpha value is -2.86. The van der Waals surface area contributed by atoms with Crippen molar-refractivity contribution < 1.29 is 28.8 Å². The molecule has 0 unspecified atom stereocenters. The number of allylic oxidation sites excluding steroid dienone is 1. The van der Waals surface area contributed by atoms with Crippen LogP contribution in [0.3, 0.4) is 0 Å². The fraction of sp³-hybridized carbons (Fsp3) is 0.364. The van der Waals surface area contributed by atoms with Gasteiger partial charge in [0.15, 0.2) is 23.0 Å². The number of aliphatic hydroxyl groups excluding tert-OH is 1. The highest BCUT2D eigenvalue weighted by Gasteiger charge is 2.23. The summed E-state index contributed by atoms with van der Waals surface area (Å²) in [5.74, 6) is 2.62. The third-order valence-electron chi connectivity index (χ3n) is 4.40. The van der Waals surface area contributed by atoms with E-state index in [2.05, 4.69) is 6.58 Å². The maximum Gasteiger partial charge on any atom is 0.203 e. The standard InChI is InChI=1S/C22H28O6/c1-7-8-15-11-19(26-5)22(20(12-15)27-6)28-14(2)21(23)16-9-10-17(24-3)18(13-16)25-4/h7,9-14,21,23H,1,8H2,2-6H3/t14-,21+/m0/s1. The average Bonchev–Trinajstić information content (AvgIpc) is 2.73. The number of ether oxygens (including phenoxy) is 5. The van der Waals surface area contributed by atoms with Crippen molar-refractivity contribution >= 4 is 0 Å². The van der Waals surface area contributed by atoms with Crippen LogP contribution in [-0.4, -0.2) is 39.6 Å². The van der Waals surface area contributed by atoms with Crippen LogP contribution in [0.25, 0.3) is 0 Å². The molecular formula is C22H28O6. The topological polar surface area (TPSA) is 66.4 Å². The summed E-state index contributed by atoms with van der Waals surface area (Å²) < 4.78 is 27.5. The molecule has 0 amide bonds. The summed E-state index contributed by atoms with van der Waals surface area (Å²) in [5, 5.41) is 10.8. The van der Waals surface area contributed by atoms with Crippen LogP contribution in [0.5, 0.6) is 28.7 Å². The maximum atomic E-state index is 10.8. The van der Waals surface area contributed by atoms with Crippen molar-refractivity contribution in [3.63, 3.8) is 0 Å².